The topological polar surface area (TPSA) is 77.6 Å². The molecule has 3 aromatic rings. The predicted octanol–water partition coefficient (Wildman–Crippen LogP) is 3.20. The SMILES string of the molecule is CCn1cc(-c2nc(C(=O)Nc3cnn(C4CCC4)c3)cs2)cn1. The number of amides is 1. The fourth-order valence-corrected chi connectivity index (χ4v) is 3.38. The van der Waals surface area contributed by atoms with E-state index in [2.05, 4.69) is 20.5 Å². The van der Waals surface area contributed by atoms with Gasteiger partial charge in [-0.3, -0.25) is 14.2 Å². The van der Waals surface area contributed by atoms with Crippen molar-refractivity contribution in [3.05, 3.63) is 35.9 Å². The number of nitrogens with one attached hydrogen (secondary N) is 1. The number of nitrogens with zero attached hydrogens (tertiary/aromatic N) is 5. The molecule has 1 fully saturated rings. The molecule has 0 spiro atoms. The second-order valence-corrected chi connectivity index (χ2v) is 6.73. The van der Waals surface area contributed by atoms with E-state index in [-0.39, 0.29) is 5.91 Å². The highest BCUT2D eigenvalue weighted by atomic mass is 32.1. The molecule has 1 N–H and O–H groups in total. The summed E-state index contributed by atoms with van der Waals surface area (Å²) in [4.78, 5) is 16.8. The van der Waals surface area contributed by atoms with Crippen LogP contribution in [0.25, 0.3) is 10.6 Å². The minimum absolute atomic E-state index is 0.214. The summed E-state index contributed by atoms with van der Waals surface area (Å²) in [5, 5.41) is 14.0. The van der Waals surface area contributed by atoms with Gasteiger partial charge in [0, 0.05) is 29.9 Å². The highest BCUT2D eigenvalue weighted by Crippen LogP contribution is 2.31. The van der Waals surface area contributed by atoms with E-state index in [0.29, 0.717) is 17.4 Å². The van der Waals surface area contributed by atoms with Crippen molar-refractivity contribution in [3.63, 3.8) is 0 Å². The van der Waals surface area contributed by atoms with Crippen LogP contribution in [0.4, 0.5) is 5.69 Å². The number of rotatable bonds is 5. The molecule has 3 aromatic heterocycles. The summed E-state index contributed by atoms with van der Waals surface area (Å²) >= 11 is 1.44. The first-order valence-corrected chi connectivity index (χ1v) is 8.95. The molecule has 1 aliphatic carbocycles. The number of hydrogen-bond acceptors (Lipinski definition) is 5. The molecule has 0 aliphatic heterocycles. The number of aromatic nitrogens is 5. The molecule has 0 radical (unpaired) electrons. The molecule has 8 heteroatoms. The normalized spacial score (nSPS) is 14.5. The number of anilines is 1. The van der Waals surface area contributed by atoms with E-state index < -0.39 is 0 Å². The van der Waals surface area contributed by atoms with E-state index in [1.54, 1.807) is 17.8 Å². The van der Waals surface area contributed by atoms with Gasteiger partial charge in [-0.05, 0) is 26.2 Å². The quantitative estimate of drug-likeness (QED) is 0.772. The molecule has 0 bridgehead atoms. The van der Waals surface area contributed by atoms with Crippen molar-refractivity contribution in [2.24, 2.45) is 0 Å². The van der Waals surface area contributed by atoms with Crippen LogP contribution in [0, 0.1) is 0 Å². The zero-order valence-corrected chi connectivity index (χ0v) is 14.2. The van der Waals surface area contributed by atoms with Crippen molar-refractivity contribution in [2.45, 2.75) is 38.8 Å². The lowest BCUT2D eigenvalue weighted by atomic mass is 9.93. The summed E-state index contributed by atoms with van der Waals surface area (Å²) in [5.74, 6) is -0.214. The first-order valence-electron chi connectivity index (χ1n) is 8.07. The van der Waals surface area contributed by atoms with Crippen molar-refractivity contribution >= 4 is 22.9 Å². The zero-order chi connectivity index (χ0) is 16.5. The van der Waals surface area contributed by atoms with E-state index in [0.717, 1.165) is 30.0 Å². The van der Waals surface area contributed by atoms with E-state index >= 15 is 0 Å². The third-order valence-electron chi connectivity index (χ3n) is 4.25. The molecule has 0 unspecified atom stereocenters. The van der Waals surface area contributed by atoms with Crippen LogP contribution in [0.15, 0.2) is 30.2 Å². The van der Waals surface area contributed by atoms with Crippen molar-refractivity contribution in [2.75, 3.05) is 5.32 Å². The van der Waals surface area contributed by atoms with Gasteiger partial charge in [0.15, 0.2) is 0 Å². The third-order valence-corrected chi connectivity index (χ3v) is 5.14. The number of hydrogen-bond donors (Lipinski definition) is 1. The molecule has 3 heterocycles. The molecule has 0 aromatic carbocycles. The lowest BCUT2D eigenvalue weighted by Crippen LogP contribution is -2.17. The van der Waals surface area contributed by atoms with Gasteiger partial charge in [0.1, 0.15) is 10.7 Å². The van der Waals surface area contributed by atoms with Gasteiger partial charge >= 0.3 is 0 Å². The third kappa shape index (κ3) is 2.84. The maximum absolute atomic E-state index is 12.4. The second kappa shape index (κ2) is 6.20. The molecular formula is C16H18N6OS. The first-order chi connectivity index (χ1) is 11.7. The average molecular weight is 342 g/mol. The molecular weight excluding hydrogens is 324 g/mol. The number of carbonyl (C=O) groups is 1. The lowest BCUT2D eigenvalue weighted by Gasteiger charge is -2.25. The van der Waals surface area contributed by atoms with Crippen LogP contribution in [-0.2, 0) is 6.54 Å². The van der Waals surface area contributed by atoms with E-state index in [9.17, 15) is 4.79 Å². The van der Waals surface area contributed by atoms with Gasteiger partial charge in [0.25, 0.3) is 5.91 Å². The Morgan fingerprint density at radius 3 is 2.92 bits per heavy atom. The van der Waals surface area contributed by atoms with Crippen molar-refractivity contribution < 1.29 is 4.79 Å². The van der Waals surface area contributed by atoms with Crippen molar-refractivity contribution in [1.29, 1.82) is 0 Å². The maximum Gasteiger partial charge on any atom is 0.275 e. The Kier molecular flexibility index (Phi) is 3.89. The smallest absolute Gasteiger partial charge is 0.275 e. The summed E-state index contributed by atoms with van der Waals surface area (Å²) in [6.07, 6.45) is 10.9. The summed E-state index contributed by atoms with van der Waals surface area (Å²) < 4.78 is 3.77. The molecule has 7 nitrogen and oxygen atoms in total. The number of carbonyl (C=O) groups excluding carboxylic acids is 1. The molecule has 1 saturated carbocycles. The van der Waals surface area contributed by atoms with Crippen LogP contribution in [-0.4, -0.2) is 30.5 Å². The summed E-state index contributed by atoms with van der Waals surface area (Å²) in [6.45, 7) is 2.84. The van der Waals surface area contributed by atoms with Gasteiger partial charge in [0.05, 0.1) is 24.1 Å². The Morgan fingerprint density at radius 2 is 2.21 bits per heavy atom. The largest absolute Gasteiger partial charge is 0.318 e. The van der Waals surface area contributed by atoms with Crippen LogP contribution in [0.5, 0.6) is 0 Å². The van der Waals surface area contributed by atoms with Crippen LogP contribution < -0.4 is 5.32 Å². The van der Waals surface area contributed by atoms with Gasteiger partial charge in [-0.1, -0.05) is 0 Å². The standard InChI is InChI=1S/C16H18N6OS/c1-2-21-8-11(6-17-21)16-20-14(10-24-16)15(23)19-12-7-18-22(9-12)13-4-3-5-13/h6-10,13H,2-5H2,1H3,(H,19,23). The van der Waals surface area contributed by atoms with Crippen LogP contribution >= 0.6 is 11.3 Å². The fraction of sp³-hybridized carbons (Fsp3) is 0.375. The molecule has 1 aliphatic rings. The lowest BCUT2D eigenvalue weighted by molar-refractivity contribution is 0.102. The highest BCUT2D eigenvalue weighted by molar-refractivity contribution is 7.13. The van der Waals surface area contributed by atoms with E-state index in [1.807, 2.05) is 28.7 Å². The molecule has 124 valence electrons. The molecule has 1 amide bonds. The van der Waals surface area contributed by atoms with E-state index in [4.69, 9.17) is 0 Å². The van der Waals surface area contributed by atoms with Gasteiger partial charge in [-0.15, -0.1) is 11.3 Å². The Morgan fingerprint density at radius 1 is 1.33 bits per heavy atom. The fourth-order valence-electron chi connectivity index (χ4n) is 2.61. The van der Waals surface area contributed by atoms with Crippen LogP contribution in [0.2, 0.25) is 0 Å². The zero-order valence-electron chi connectivity index (χ0n) is 13.3. The number of aryl methyl sites for hydroxylation is 1. The van der Waals surface area contributed by atoms with Crippen molar-refractivity contribution in [3.8, 4) is 10.6 Å². The van der Waals surface area contributed by atoms with Crippen LogP contribution in [0.1, 0.15) is 42.7 Å². The van der Waals surface area contributed by atoms with Gasteiger partial charge in [0.2, 0.25) is 0 Å². The van der Waals surface area contributed by atoms with Crippen LogP contribution in [0.3, 0.4) is 0 Å². The molecule has 24 heavy (non-hydrogen) atoms. The molecule has 0 atom stereocenters. The first kappa shape index (κ1) is 15.1. The minimum atomic E-state index is -0.214. The Labute approximate surface area is 143 Å². The van der Waals surface area contributed by atoms with Gasteiger partial charge < -0.3 is 5.32 Å². The van der Waals surface area contributed by atoms with Gasteiger partial charge in [-0.2, -0.15) is 10.2 Å². The average Bonchev–Trinajstić information content (AvgIpc) is 3.25. The van der Waals surface area contributed by atoms with E-state index in [1.165, 1.54) is 17.8 Å². The second-order valence-electron chi connectivity index (χ2n) is 5.87. The Hall–Kier alpha value is -2.48. The summed E-state index contributed by atoms with van der Waals surface area (Å²) in [5.41, 5.74) is 2.05. The Bertz CT molecular complexity index is 859. The van der Waals surface area contributed by atoms with Crippen molar-refractivity contribution in [1.82, 2.24) is 24.5 Å². The maximum atomic E-state index is 12.4. The van der Waals surface area contributed by atoms with Gasteiger partial charge in [-0.25, -0.2) is 4.98 Å². The summed E-state index contributed by atoms with van der Waals surface area (Å²) in [7, 11) is 0. The summed E-state index contributed by atoms with van der Waals surface area (Å²) in [6, 6.07) is 0.483. The Balaban J connectivity index is 1.45. The predicted molar refractivity (Wildman–Crippen MR) is 92.1 cm³/mol. The number of thiazole rings is 1. The minimum Gasteiger partial charge on any atom is -0.318 e. The highest BCUT2D eigenvalue weighted by Gasteiger charge is 2.20. The monoisotopic (exact) mass is 342 g/mol. The molecule has 0 saturated heterocycles. The molecule has 4 rings (SSSR count).